The number of carbonyl (C=O) groups is 1. The highest BCUT2D eigenvalue weighted by molar-refractivity contribution is 6.37. The van der Waals surface area contributed by atoms with Gasteiger partial charge in [0.15, 0.2) is 5.78 Å². The molecule has 0 aliphatic carbocycles. The molecular weight excluding hydrogens is 258 g/mol. The van der Waals surface area contributed by atoms with E-state index in [4.69, 9.17) is 4.84 Å². The molecule has 0 radical (unpaired) electrons. The fourth-order valence-corrected chi connectivity index (χ4v) is 1.02. The van der Waals surface area contributed by atoms with Crippen LogP contribution >= 0.6 is 0 Å². The molecule has 0 bridgehead atoms. The number of non-ortho nitro benzene ring substituents is 1. The first-order valence-corrected chi connectivity index (χ1v) is 4.98. The summed E-state index contributed by atoms with van der Waals surface area (Å²) in [5.74, 6) is -0.638. The zero-order chi connectivity index (χ0) is 14.6. The van der Waals surface area contributed by atoms with E-state index in [-0.39, 0.29) is 17.2 Å². The average molecular weight is 267 g/mol. The van der Waals surface area contributed by atoms with Crippen LogP contribution in [-0.2, 0) is 4.79 Å². The molecule has 0 heterocycles. The van der Waals surface area contributed by atoms with Crippen molar-refractivity contribution < 1.29 is 19.5 Å². The number of nitro groups is 2. The van der Waals surface area contributed by atoms with Crippen LogP contribution < -0.4 is 4.84 Å². The van der Waals surface area contributed by atoms with Gasteiger partial charge in [0.25, 0.3) is 5.69 Å². The van der Waals surface area contributed by atoms with Crippen molar-refractivity contribution in [2.45, 2.75) is 13.8 Å². The smallest absolute Gasteiger partial charge is 0.321 e. The zero-order valence-electron chi connectivity index (χ0n) is 10.0. The number of ketones is 1. The summed E-state index contributed by atoms with van der Waals surface area (Å²) in [7, 11) is 0. The van der Waals surface area contributed by atoms with Gasteiger partial charge in [-0.15, -0.1) is 0 Å². The molecule has 0 N–H and O–H groups in total. The van der Waals surface area contributed by atoms with Gasteiger partial charge in [-0.05, 0) is 13.0 Å². The summed E-state index contributed by atoms with van der Waals surface area (Å²) < 4.78 is 0. The number of hydrogen-bond acceptors (Lipinski definition) is 7. The van der Waals surface area contributed by atoms with E-state index in [1.807, 2.05) is 0 Å². The van der Waals surface area contributed by atoms with Gasteiger partial charge in [0.1, 0.15) is 5.71 Å². The van der Waals surface area contributed by atoms with Crippen LogP contribution in [0.5, 0.6) is 5.75 Å². The second-order valence-corrected chi connectivity index (χ2v) is 3.49. The summed E-state index contributed by atoms with van der Waals surface area (Å²) in [6.07, 6.45) is 0. The van der Waals surface area contributed by atoms with Gasteiger partial charge in [0.2, 0.25) is 5.75 Å². The number of Topliss-reactive ketones (excluding diaryl/α,β-unsaturated/α-hetero) is 1. The Hall–Kier alpha value is -2.84. The molecule has 0 spiro atoms. The highest BCUT2D eigenvalue weighted by Crippen LogP contribution is 2.31. The Kier molecular flexibility index (Phi) is 4.24. The summed E-state index contributed by atoms with van der Waals surface area (Å²) in [6.45, 7) is 2.63. The molecule has 0 aliphatic heterocycles. The maximum atomic E-state index is 10.9. The lowest BCUT2D eigenvalue weighted by Crippen LogP contribution is -2.06. The van der Waals surface area contributed by atoms with E-state index < -0.39 is 21.2 Å². The van der Waals surface area contributed by atoms with Crippen molar-refractivity contribution >= 4 is 22.9 Å². The molecule has 9 nitrogen and oxygen atoms in total. The summed E-state index contributed by atoms with van der Waals surface area (Å²) in [5.41, 5.74) is -1.02. The van der Waals surface area contributed by atoms with E-state index in [0.29, 0.717) is 0 Å². The lowest BCUT2D eigenvalue weighted by molar-refractivity contribution is -0.394. The van der Waals surface area contributed by atoms with Crippen LogP contribution in [0.3, 0.4) is 0 Å². The number of nitro benzene ring substituents is 2. The first-order chi connectivity index (χ1) is 8.82. The summed E-state index contributed by atoms with van der Waals surface area (Å²) in [4.78, 5) is 35.3. The molecule has 0 saturated heterocycles. The van der Waals surface area contributed by atoms with E-state index in [2.05, 4.69) is 5.16 Å². The molecule has 1 aromatic carbocycles. The van der Waals surface area contributed by atoms with Gasteiger partial charge in [0, 0.05) is 13.0 Å². The normalized spacial score (nSPS) is 10.9. The van der Waals surface area contributed by atoms with Crippen molar-refractivity contribution in [1.82, 2.24) is 0 Å². The van der Waals surface area contributed by atoms with E-state index >= 15 is 0 Å². The van der Waals surface area contributed by atoms with Crippen molar-refractivity contribution in [3.05, 3.63) is 38.4 Å². The third kappa shape index (κ3) is 3.56. The third-order valence-corrected chi connectivity index (χ3v) is 2.14. The number of benzene rings is 1. The summed E-state index contributed by atoms with van der Waals surface area (Å²) >= 11 is 0. The molecule has 0 amide bonds. The molecule has 1 aromatic rings. The number of rotatable bonds is 5. The van der Waals surface area contributed by atoms with E-state index in [1.165, 1.54) is 13.8 Å². The van der Waals surface area contributed by atoms with Gasteiger partial charge in [-0.3, -0.25) is 25.0 Å². The Bertz CT molecular complexity index is 581. The highest BCUT2D eigenvalue weighted by atomic mass is 16.7. The largest absolute Gasteiger partial charge is 0.349 e. The maximum Gasteiger partial charge on any atom is 0.321 e. The molecule has 0 aromatic heterocycles. The molecular formula is C10H9N3O6. The minimum atomic E-state index is -0.832. The van der Waals surface area contributed by atoms with Crippen molar-refractivity contribution in [2.24, 2.45) is 5.16 Å². The van der Waals surface area contributed by atoms with Gasteiger partial charge < -0.3 is 4.84 Å². The first-order valence-electron chi connectivity index (χ1n) is 4.98. The van der Waals surface area contributed by atoms with Gasteiger partial charge in [0.05, 0.1) is 15.9 Å². The van der Waals surface area contributed by atoms with Crippen LogP contribution in [0, 0.1) is 20.2 Å². The second-order valence-electron chi connectivity index (χ2n) is 3.49. The van der Waals surface area contributed by atoms with Crippen LogP contribution in [0.25, 0.3) is 0 Å². The van der Waals surface area contributed by atoms with Crippen LogP contribution in [0.15, 0.2) is 23.4 Å². The number of hydrogen-bond donors (Lipinski definition) is 0. The van der Waals surface area contributed by atoms with E-state index in [9.17, 15) is 25.0 Å². The van der Waals surface area contributed by atoms with Crippen molar-refractivity contribution in [2.75, 3.05) is 0 Å². The Morgan fingerprint density at radius 1 is 1.21 bits per heavy atom. The lowest BCUT2D eigenvalue weighted by Gasteiger charge is -2.01. The topological polar surface area (TPSA) is 125 Å². The quantitative estimate of drug-likeness (QED) is 0.455. The lowest BCUT2D eigenvalue weighted by atomic mass is 10.2. The molecule has 0 unspecified atom stereocenters. The van der Waals surface area contributed by atoms with Crippen LogP contribution in [0.1, 0.15) is 13.8 Å². The maximum absolute atomic E-state index is 10.9. The molecule has 0 fully saturated rings. The highest BCUT2D eigenvalue weighted by Gasteiger charge is 2.21. The molecule has 0 atom stereocenters. The first kappa shape index (κ1) is 14.2. The van der Waals surface area contributed by atoms with Crippen LogP contribution in [0.2, 0.25) is 0 Å². The van der Waals surface area contributed by atoms with Crippen molar-refractivity contribution in [3.8, 4) is 5.75 Å². The SMILES string of the molecule is CC(=O)/C(C)=N/Oc1ccc([N+](=O)[O-])cc1[N+](=O)[O-]. The number of carbonyl (C=O) groups excluding carboxylic acids is 1. The van der Waals surface area contributed by atoms with Crippen molar-refractivity contribution in [3.63, 3.8) is 0 Å². The molecule has 100 valence electrons. The third-order valence-electron chi connectivity index (χ3n) is 2.14. The molecule has 19 heavy (non-hydrogen) atoms. The van der Waals surface area contributed by atoms with Gasteiger partial charge in [-0.2, -0.15) is 0 Å². The summed E-state index contributed by atoms with van der Waals surface area (Å²) in [5, 5.41) is 24.7. The second kappa shape index (κ2) is 5.67. The van der Waals surface area contributed by atoms with E-state index in [1.54, 1.807) is 0 Å². The minimum absolute atomic E-state index is 0.0210. The fourth-order valence-electron chi connectivity index (χ4n) is 1.02. The van der Waals surface area contributed by atoms with Crippen LogP contribution in [0.4, 0.5) is 11.4 Å². The molecule has 9 heteroatoms. The predicted molar refractivity (Wildman–Crippen MR) is 64.2 cm³/mol. The minimum Gasteiger partial charge on any atom is -0.349 e. The van der Waals surface area contributed by atoms with Crippen molar-refractivity contribution in [1.29, 1.82) is 0 Å². The molecule has 0 saturated carbocycles. The zero-order valence-corrected chi connectivity index (χ0v) is 10.0. The Morgan fingerprint density at radius 2 is 1.84 bits per heavy atom. The fraction of sp³-hybridized carbons (Fsp3) is 0.200. The van der Waals surface area contributed by atoms with Gasteiger partial charge in [-0.1, -0.05) is 5.16 Å². The Labute approximate surface area is 106 Å². The monoisotopic (exact) mass is 267 g/mol. The van der Waals surface area contributed by atoms with E-state index in [0.717, 1.165) is 18.2 Å². The van der Waals surface area contributed by atoms with Crippen LogP contribution in [-0.4, -0.2) is 21.3 Å². The Morgan fingerprint density at radius 3 is 2.32 bits per heavy atom. The van der Waals surface area contributed by atoms with Gasteiger partial charge >= 0.3 is 5.69 Å². The Balaban J connectivity index is 3.14. The number of nitrogens with zero attached hydrogens (tertiary/aromatic N) is 3. The number of oxime groups is 1. The summed E-state index contributed by atoms with van der Waals surface area (Å²) in [6, 6.07) is 2.85. The molecule has 0 aliphatic rings. The van der Waals surface area contributed by atoms with Gasteiger partial charge in [-0.25, -0.2) is 0 Å². The average Bonchev–Trinajstić information content (AvgIpc) is 2.35. The molecule has 1 rings (SSSR count). The standard InChI is InChI=1S/C10H9N3O6/c1-6(7(2)14)11-19-10-4-3-8(12(15)16)5-9(10)13(17)18/h3-5H,1-2H3/b11-6+. The predicted octanol–water partition coefficient (Wildman–Crippen LogP) is 1.85.